The van der Waals surface area contributed by atoms with Crippen molar-refractivity contribution in [2.75, 3.05) is 0 Å². The van der Waals surface area contributed by atoms with E-state index in [1.807, 2.05) is 0 Å². The van der Waals surface area contributed by atoms with E-state index in [2.05, 4.69) is 4.42 Å². The van der Waals surface area contributed by atoms with E-state index in [-0.39, 0.29) is 12.2 Å². The van der Waals surface area contributed by atoms with Crippen LogP contribution in [0.3, 0.4) is 0 Å². The summed E-state index contributed by atoms with van der Waals surface area (Å²) < 4.78 is 41.5. The second-order valence-corrected chi connectivity index (χ2v) is 4.26. The molecule has 1 heterocycles. The number of aryl methyl sites for hydroxylation is 1. The van der Waals surface area contributed by atoms with E-state index in [9.17, 15) is 27.9 Å². The lowest BCUT2D eigenvalue weighted by Gasteiger charge is -2.05. The second-order valence-electron chi connectivity index (χ2n) is 4.26. The Hall–Kier alpha value is -1.79. The van der Waals surface area contributed by atoms with E-state index in [1.165, 1.54) is 6.92 Å². The summed E-state index contributed by atoms with van der Waals surface area (Å²) in [6, 6.07) is 1.03. The molecule has 0 bridgehead atoms. The van der Waals surface area contributed by atoms with Gasteiger partial charge in [-0.3, -0.25) is 4.79 Å². The van der Waals surface area contributed by atoms with Crippen LogP contribution in [0, 0.1) is 18.8 Å². The summed E-state index contributed by atoms with van der Waals surface area (Å²) >= 11 is 0. The first-order valence-corrected chi connectivity index (χ1v) is 5.16. The van der Waals surface area contributed by atoms with Crippen LogP contribution in [0.4, 0.5) is 13.2 Å². The van der Waals surface area contributed by atoms with E-state index in [4.69, 9.17) is 0 Å². The van der Waals surface area contributed by atoms with Gasteiger partial charge in [0.05, 0.1) is 5.92 Å². The topological polar surface area (TPSA) is 67.5 Å². The van der Waals surface area contributed by atoms with Gasteiger partial charge in [0.1, 0.15) is 17.1 Å². The lowest BCUT2D eigenvalue weighted by atomic mass is 10.1. The van der Waals surface area contributed by atoms with Crippen molar-refractivity contribution < 1.29 is 27.5 Å². The summed E-state index contributed by atoms with van der Waals surface area (Å²) in [5, 5.41) is 9.45. The molecule has 2 rings (SSSR count). The maximum atomic E-state index is 12.3. The smallest absolute Gasteiger partial charge is 0.392 e. The monoisotopic (exact) mass is 262 g/mol. The summed E-state index contributed by atoms with van der Waals surface area (Å²) in [6.45, 7) is 1.38. The SMILES string of the molecule is Cc1cc(O)c(C(=O)[C@@H]2C[C@H]2C(F)(F)F)c(=O)o1. The molecule has 0 amide bonds. The molecule has 1 aliphatic rings. The molecular formula is C11H9F3O4. The predicted molar refractivity (Wildman–Crippen MR) is 53.4 cm³/mol. The van der Waals surface area contributed by atoms with Crippen LogP contribution in [0.1, 0.15) is 22.5 Å². The molecule has 1 N–H and O–H groups in total. The van der Waals surface area contributed by atoms with Crippen molar-refractivity contribution in [2.45, 2.75) is 19.5 Å². The molecule has 1 aromatic heterocycles. The quantitative estimate of drug-likeness (QED) is 0.828. The number of rotatable bonds is 2. The molecule has 1 fully saturated rings. The number of aromatic hydroxyl groups is 1. The highest BCUT2D eigenvalue weighted by molar-refractivity contribution is 6.01. The van der Waals surface area contributed by atoms with Gasteiger partial charge in [-0.25, -0.2) is 4.79 Å². The van der Waals surface area contributed by atoms with Gasteiger partial charge in [0.15, 0.2) is 5.78 Å². The number of alkyl halides is 3. The molecular weight excluding hydrogens is 253 g/mol. The number of Topliss-reactive ketones (excluding diaryl/α,β-unsaturated/α-hetero) is 1. The zero-order valence-corrected chi connectivity index (χ0v) is 9.25. The maximum absolute atomic E-state index is 12.3. The van der Waals surface area contributed by atoms with E-state index in [1.54, 1.807) is 0 Å². The fraction of sp³-hybridized carbons (Fsp3) is 0.455. The predicted octanol–water partition coefficient (Wildman–Crippen LogP) is 2.03. The van der Waals surface area contributed by atoms with Crippen molar-refractivity contribution in [2.24, 2.45) is 11.8 Å². The molecule has 0 spiro atoms. The van der Waals surface area contributed by atoms with E-state index in [0.29, 0.717) is 0 Å². The lowest BCUT2D eigenvalue weighted by Crippen LogP contribution is -2.20. The van der Waals surface area contributed by atoms with Crippen LogP contribution >= 0.6 is 0 Å². The van der Waals surface area contributed by atoms with E-state index < -0.39 is 40.7 Å². The molecule has 1 aliphatic carbocycles. The average molecular weight is 262 g/mol. The van der Waals surface area contributed by atoms with Crippen LogP contribution in [0.15, 0.2) is 15.3 Å². The second kappa shape index (κ2) is 3.86. The van der Waals surface area contributed by atoms with Crippen LogP contribution in [0.25, 0.3) is 0 Å². The molecule has 7 heteroatoms. The molecule has 4 nitrogen and oxygen atoms in total. The Bertz CT molecular complexity index is 558. The third-order valence-electron chi connectivity index (χ3n) is 2.85. The molecule has 0 aliphatic heterocycles. The Morgan fingerprint density at radius 2 is 2.11 bits per heavy atom. The summed E-state index contributed by atoms with van der Waals surface area (Å²) in [5.74, 6) is -4.59. The van der Waals surface area contributed by atoms with Crippen molar-refractivity contribution in [3.63, 3.8) is 0 Å². The Labute approximate surface area is 99.0 Å². The molecule has 18 heavy (non-hydrogen) atoms. The highest BCUT2D eigenvalue weighted by Gasteiger charge is 2.59. The van der Waals surface area contributed by atoms with Crippen molar-refractivity contribution in [3.05, 3.63) is 27.8 Å². The van der Waals surface area contributed by atoms with Gasteiger partial charge in [-0.15, -0.1) is 0 Å². The lowest BCUT2D eigenvalue weighted by molar-refractivity contribution is -0.149. The normalized spacial score (nSPS) is 22.9. The number of carbonyl (C=O) groups excluding carboxylic acids is 1. The number of hydrogen-bond acceptors (Lipinski definition) is 4. The van der Waals surface area contributed by atoms with Gasteiger partial charge in [0, 0.05) is 12.0 Å². The zero-order chi connectivity index (χ0) is 13.7. The number of carbonyl (C=O) groups is 1. The van der Waals surface area contributed by atoms with Crippen molar-refractivity contribution in [1.29, 1.82) is 0 Å². The first kappa shape index (κ1) is 12.7. The van der Waals surface area contributed by atoms with Crippen LogP contribution < -0.4 is 5.63 Å². The first-order chi connectivity index (χ1) is 8.21. The molecule has 1 saturated carbocycles. The summed E-state index contributed by atoms with van der Waals surface area (Å²) in [4.78, 5) is 23.1. The van der Waals surface area contributed by atoms with Gasteiger partial charge >= 0.3 is 11.8 Å². The van der Waals surface area contributed by atoms with Gasteiger partial charge in [-0.05, 0) is 13.3 Å². The largest absolute Gasteiger partial charge is 0.507 e. The fourth-order valence-electron chi connectivity index (χ4n) is 1.85. The van der Waals surface area contributed by atoms with Crippen LogP contribution in [0.2, 0.25) is 0 Å². The minimum absolute atomic E-state index is 0.0808. The minimum atomic E-state index is -4.46. The highest BCUT2D eigenvalue weighted by atomic mass is 19.4. The zero-order valence-electron chi connectivity index (χ0n) is 9.25. The summed E-state index contributed by atoms with van der Waals surface area (Å²) in [6.07, 6.45) is -4.81. The Morgan fingerprint density at radius 1 is 1.50 bits per heavy atom. The first-order valence-electron chi connectivity index (χ1n) is 5.16. The molecule has 0 aromatic carbocycles. The maximum Gasteiger partial charge on any atom is 0.392 e. The highest BCUT2D eigenvalue weighted by Crippen LogP contribution is 2.51. The summed E-state index contributed by atoms with van der Waals surface area (Å²) in [5.41, 5.74) is -1.80. The molecule has 2 atom stereocenters. The number of halogens is 3. The van der Waals surface area contributed by atoms with Gasteiger partial charge in [-0.2, -0.15) is 13.2 Å². The van der Waals surface area contributed by atoms with Gasteiger partial charge in [0.2, 0.25) is 0 Å². The van der Waals surface area contributed by atoms with Gasteiger partial charge in [0.25, 0.3) is 0 Å². The van der Waals surface area contributed by atoms with Crippen molar-refractivity contribution >= 4 is 5.78 Å². The third-order valence-corrected chi connectivity index (χ3v) is 2.85. The molecule has 0 unspecified atom stereocenters. The standard InChI is InChI=1S/C11H9F3O4/c1-4-2-7(15)8(10(17)18-4)9(16)5-3-6(5)11(12,13)14/h2,5-6,15H,3H2,1H3/t5-,6-/m1/s1. The van der Waals surface area contributed by atoms with Crippen LogP contribution in [-0.2, 0) is 0 Å². The molecule has 0 saturated heterocycles. The third kappa shape index (κ3) is 2.12. The van der Waals surface area contributed by atoms with Gasteiger partial charge < -0.3 is 9.52 Å². The molecule has 1 aromatic rings. The Morgan fingerprint density at radius 3 is 2.56 bits per heavy atom. The van der Waals surface area contributed by atoms with Gasteiger partial charge in [-0.1, -0.05) is 0 Å². The molecule has 0 radical (unpaired) electrons. The fourth-order valence-corrected chi connectivity index (χ4v) is 1.85. The average Bonchev–Trinajstić information content (AvgIpc) is 2.93. The summed E-state index contributed by atoms with van der Waals surface area (Å²) in [7, 11) is 0. The van der Waals surface area contributed by atoms with Crippen molar-refractivity contribution in [3.8, 4) is 5.75 Å². The van der Waals surface area contributed by atoms with Crippen LogP contribution in [0.5, 0.6) is 5.75 Å². The minimum Gasteiger partial charge on any atom is -0.507 e. The number of hydrogen-bond donors (Lipinski definition) is 1. The molecule has 98 valence electrons. The Balaban J connectivity index is 2.30. The van der Waals surface area contributed by atoms with Crippen LogP contribution in [-0.4, -0.2) is 17.1 Å². The number of ketones is 1. The van der Waals surface area contributed by atoms with E-state index >= 15 is 0 Å². The van der Waals surface area contributed by atoms with Crippen molar-refractivity contribution in [1.82, 2.24) is 0 Å². The van der Waals surface area contributed by atoms with E-state index in [0.717, 1.165) is 6.07 Å². The Kier molecular flexibility index (Phi) is 2.71.